The van der Waals surface area contributed by atoms with Crippen LogP contribution < -0.4 is 4.74 Å². The average Bonchev–Trinajstić information content (AvgIpc) is 2.76. The van der Waals surface area contributed by atoms with E-state index in [2.05, 4.69) is 0 Å². The Balaban J connectivity index is 1.73. The van der Waals surface area contributed by atoms with E-state index < -0.39 is 42.5 Å². The molecule has 0 aromatic heterocycles. The molecule has 184 valence electrons. The quantitative estimate of drug-likeness (QED) is 0.689. The fraction of sp³-hybridized carbons (Fsp3) is 0.652. The predicted molar refractivity (Wildman–Crippen MR) is 113 cm³/mol. The second-order valence-corrected chi connectivity index (χ2v) is 9.19. The number of likely N-dealkylation sites (N-methyl/N-ethyl adjacent to an activating group) is 1. The molecule has 33 heavy (non-hydrogen) atoms. The number of piperidine rings is 1. The number of halogens is 3. The molecule has 0 radical (unpaired) electrons. The number of fused-ring (bicyclic) bond motifs is 1. The number of hydrogen-bond acceptors (Lipinski definition) is 5. The molecule has 0 aliphatic carbocycles. The smallest absolute Gasteiger partial charge is 0.389 e. The highest BCUT2D eigenvalue weighted by Crippen LogP contribution is 2.39. The van der Waals surface area contributed by atoms with Gasteiger partial charge in [-0.2, -0.15) is 13.2 Å². The Morgan fingerprint density at radius 1 is 1.18 bits per heavy atom. The van der Waals surface area contributed by atoms with E-state index in [1.54, 1.807) is 31.3 Å². The zero-order valence-electron chi connectivity index (χ0n) is 18.7. The van der Waals surface area contributed by atoms with E-state index in [4.69, 9.17) is 4.74 Å². The Morgan fingerprint density at radius 2 is 1.85 bits per heavy atom. The molecule has 1 aromatic rings. The van der Waals surface area contributed by atoms with Crippen molar-refractivity contribution in [3.05, 3.63) is 29.8 Å². The normalized spacial score (nSPS) is 24.5. The summed E-state index contributed by atoms with van der Waals surface area (Å²) in [7, 11) is 1.63. The lowest BCUT2D eigenvalue weighted by Gasteiger charge is -2.45. The molecule has 7 nitrogen and oxygen atoms in total. The number of ether oxygens (including phenoxy) is 1. The van der Waals surface area contributed by atoms with E-state index >= 15 is 0 Å². The molecular formula is C23H31F3N2O5. The lowest BCUT2D eigenvalue weighted by atomic mass is 9.72. The van der Waals surface area contributed by atoms with Crippen LogP contribution in [0.5, 0.6) is 5.75 Å². The van der Waals surface area contributed by atoms with Crippen molar-refractivity contribution in [2.45, 2.75) is 56.9 Å². The first-order chi connectivity index (χ1) is 15.5. The summed E-state index contributed by atoms with van der Waals surface area (Å²) in [5.41, 5.74) is 0.101. The molecule has 1 saturated heterocycles. The molecule has 0 bridgehead atoms. The first-order valence-corrected chi connectivity index (χ1v) is 11.1. The van der Waals surface area contributed by atoms with Gasteiger partial charge in [0.25, 0.3) is 5.91 Å². The number of likely N-dealkylation sites (tertiary alicyclic amines) is 1. The minimum Gasteiger partial charge on any atom is -0.483 e. The zero-order valence-corrected chi connectivity index (χ0v) is 18.7. The summed E-state index contributed by atoms with van der Waals surface area (Å²) in [5, 5.41) is 21.5. The van der Waals surface area contributed by atoms with Crippen molar-refractivity contribution in [2.75, 3.05) is 33.3 Å². The Labute approximate surface area is 191 Å². The first kappa shape index (κ1) is 25.3. The maximum Gasteiger partial charge on any atom is 0.389 e. The van der Waals surface area contributed by atoms with Crippen LogP contribution in [-0.2, 0) is 16.0 Å². The van der Waals surface area contributed by atoms with E-state index in [1.165, 1.54) is 9.80 Å². The third-order valence-corrected chi connectivity index (χ3v) is 6.64. The number of aliphatic hydroxyl groups is 2. The lowest BCUT2D eigenvalue weighted by Crippen LogP contribution is -2.51. The summed E-state index contributed by atoms with van der Waals surface area (Å²) in [6.45, 7) is 0.581. The molecule has 10 heteroatoms. The number of benzene rings is 1. The summed E-state index contributed by atoms with van der Waals surface area (Å²) in [6.07, 6.45) is -7.09. The minimum atomic E-state index is -4.38. The molecule has 2 amide bonds. The van der Waals surface area contributed by atoms with E-state index in [0.717, 1.165) is 0 Å². The van der Waals surface area contributed by atoms with Gasteiger partial charge in [0, 0.05) is 39.5 Å². The van der Waals surface area contributed by atoms with E-state index in [0.29, 0.717) is 24.2 Å². The Morgan fingerprint density at radius 3 is 2.52 bits per heavy atom. The molecule has 0 unspecified atom stereocenters. The van der Waals surface area contributed by atoms with Crippen molar-refractivity contribution in [3.8, 4) is 5.75 Å². The van der Waals surface area contributed by atoms with E-state index in [9.17, 15) is 33.0 Å². The van der Waals surface area contributed by atoms with Crippen molar-refractivity contribution in [1.82, 2.24) is 9.80 Å². The molecule has 1 aromatic carbocycles. The molecule has 0 saturated carbocycles. The summed E-state index contributed by atoms with van der Waals surface area (Å²) >= 11 is 0. The molecule has 2 heterocycles. The highest BCUT2D eigenvalue weighted by molar-refractivity contribution is 5.78. The van der Waals surface area contributed by atoms with Crippen LogP contribution in [0.3, 0.4) is 0 Å². The number of nitrogens with zero attached hydrogens (tertiary/aromatic N) is 2. The summed E-state index contributed by atoms with van der Waals surface area (Å²) < 4.78 is 43.1. The largest absolute Gasteiger partial charge is 0.483 e. The predicted octanol–water partition coefficient (Wildman–Crippen LogP) is 2.14. The summed E-state index contributed by atoms with van der Waals surface area (Å²) in [5.74, 6) is -0.319. The fourth-order valence-electron chi connectivity index (χ4n) is 4.66. The van der Waals surface area contributed by atoms with Crippen LogP contribution in [0.25, 0.3) is 0 Å². The molecule has 2 N–H and O–H groups in total. The Hall–Kier alpha value is -2.33. The maximum atomic E-state index is 12.7. The second kappa shape index (κ2) is 10.3. The average molecular weight is 473 g/mol. The topological polar surface area (TPSA) is 90.3 Å². The van der Waals surface area contributed by atoms with Crippen LogP contribution in [0.2, 0.25) is 0 Å². The monoisotopic (exact) mass is 472 g/mol. The van der Waals surface area contributed by atoms with Gasteiger partial charge in [-0.05, 0) is 36.3 Å². The van der Waals surface area contributed by atoms with Gasteiger partial charge in [0.2, 0.25) is 5.91 Å². The van der Waals surface area contributed by atoms with Gasteiger partial charge in [0.05, 0.1) is 18.6 Å². The SMILES string of the molecule is CN1CC2(CCN(C(=O)CCC(F)(F)F)CC2)C[C@@H](O)[C@@H](O)Cc2ccccc2OCC1=O. The van der Waals surface area contributed by atoms with E-state index in [1.807, 2.05) is 0 Å². The number of amides is 2. The molecule has 2 aliphatic rings. The third kappa shape index (κ3) is 6.83. The number of hydrogen-bond donors (Lipinski definition) is 2. The molecule has 3 rings (SSSR count). The van der Waals surface area contributed by atoms with Gasteiger partial charge in [0.15, 0.2) is 6.61 Å². The highest BCUT2D eigenvalue weighted by Gasteiger charge is 2.41. The number of rotatable bonds is 2. The highest BCUT2D eigenvalue weighted by atomic mass is 19.4. The number of alkyl halides is 3. The van der Waals surface area contributed by atoms with Gasteiger partial charge in [0.1, 0.15) is 5.75 Å². The van der Waals surface area contributed by atoms with Crippen molar-refractivity contribution in [3.63, 3.8) is 0 Å². The third-order valence-electron chi connectivity index (χ3n) is 6.64. The van der Waals surface area contributed by atoms with Crippen LogP contribution in [0.4, 0.5) is 13.2 Å². The zero-order chi connectivity index (χ0) is 24.2. The minimum absolute atomic E-state index is 0.152. The van der Waals surface area contributed by atoms with Crippen LogP contribution in [0.1, 0.15) is 37.7 Å². The van der Waals surface area contributed by atoms with Crippen molar-refractivity contribution in [1.29, 1.82) is 0 Å². The first-order valence-electron chi connectivity index (χ1n) is 11.1. The van der Waals surface area contributed by atoms with Gasteiger partial charge in [-0.1, -0.05) is 18.2 Å². The molecule has 1 fully saturated rings. The van der Waals surface area contributed by atoms with Crippen LogP contribution in [0.15, 0.2) is 24.3 Å². The molecule has 1 spiro atoms. The second-order valence-electron chi connectivity index (χ2n) is 9.19. The Bertz CT molecular complexity index is 840. The van der Waals surface area contributed by atoms with Crippen LogP contribution >= 0.6 is 0 Å². The number of carbonyl (C=O) groups is 2. The standard InChI is InChI=1S/C23H31F3N2O5/c1-27-15-22(8-10-28(11-9-22)20(31)6-7-23(24,25)26)13-18(30)17(29)12-16-4-2-3-5-19(16)33-14-21(27)32/h2-5,17-18,29-30H,6-15H2,1H3/t17-,18+/m0/s1. The molecular weight excluding hydrogens is 441 g/mol. The fourth-order valence-corrected chi connectivity index (χ4v) is 4.66. The van der Waals surface area contributed by atoms with Gasteiger partial charge >= 0.3 is 6.18 Å². The van der Waals surface area contributed by atoms with Gasteiger partial charge in [-0.3, -0.25) is 9.59 Å². The molecule has 2 atom stereocenters. The molecule has 2 aliphatic heterocycles. The van der Waals surface area contributed by atoms with Gasteiger partial charge < -0.3 is 24.7 Å². The lowest BCUT2D eigenvalue weighted by molar-refractivity contribution is -0.151. The maximum absolute atomic E-state index is 12.7. The van der Waals surface area contributed by atoms with Gasteiger partial charge in [-0.25, -0.2) is 0 Å². The summed E-state index contributed by atoms with van der Waals surface area (Å²) in [4.78, 5) is 27.8. The van der Waals surface area contributed by atoms with Crippen molar-refractivity contribution >= 4 is 11.8 Å². The Kier molecular flexibility index (Phi) is 7.89. The van der Waals surface area contributed by atoms with Crippen LogP contribution in [-0.4, -0.2) is 83.5 Å². The number of carbonyl (C=O) groups excluding carboxylic acids is 2. The number of aliphatic hydroxyl groups excluding tert-OH is 2. The van der Waals surface area contributed by atoms with Crippen LogP contribution in [0, 0.1) is 5.41 Å². The van der Waals surface area contributed by atoms with Crippen molar-refractivity contribution < 1.29 is 37.7 Å². The number of para-hydroxylation sites is 1. The van der Waals surface area contributed by atoms with Crippen molar-refractivity contribution in [2.24, 2.45) is 5.41 Å². The van der Waals surface area contributed by atoms with E-state index in [-0.39, 0.29) is 45.0 Å². The van der Waals surface area contributed by atoms with Gasteiger partial charge in [-0.15, -0.1) is 0 Å². The summed E-state index contributed by atoms with van der Waals surface area (Å²) in [6, 6.07) is 7.03.